The number of rotatable bonds is 4. The van der Waals surface area contributed by atoms with Crippen LogP contribution in [-0.4, -0.2) is 44.1 Å². The van der Waals surface area contributed by atoms with Gasteiger partial charge in [-0.15, -0.1) is 12.4 Å². The molecule has 1 atom stereocenters. The van der Waals surface area contributed by atoms with Crippen molar-refractivity contribution in [3.63, 3.8) is 0 Å². The molecule has 2 rings (SSSR count). The molecule has 1 amide bonds. The molecule has 0 spiro atoms. The maximum atomic E-state index is 12.7. The molecule has 0 aliphatic carbocycles. The highest BCUT2D eigenvalue weighted by Gasteiger charge is 2.28. The minimum Gasteiger partial charge on any atom is -0.339 e. The van der Waals surface area contributed by atoms with E-state index in [1.54, 1.807) is 30.0 Å². The summed E-state index contributed by atoms with van der Waals surface area (Å²) in [6.07, 6.45) is 1.73. The Morgan fingerprint density at radius 2 is 1.87 bits per heavy atom. The Balaban J connectivity index is 0.00000264. The van der Waals surface area contributed by atoms with E-state index in [4.69, 9.17) is 5.73 Å². The molecule has 7 heteroatoms. The van der Waals surface area contributed by atoms with Gasteiger partial charge >= 0.3 is 0 Å². The van der Waals surface area contributed by atoms with Crippen molar-refractivity contribution in [1.29, 1.82) is 0 Å². The first-order valence-electron chi connectivity index (χ1n) is 7.73. The maximum absolute atomic E-state index is 12.7. The molecular weight excluding hydrogens is 336 g/mol. The standard InChI is InChI=1S/C16H24N2O3S.ClH/c1-3-22(20,21)15-7-5-4-6-14(15)16(19)18-10-8-13(9-11-18)12(2)17;/h4-7,12-13H,3,8-11,17H2,1-2H3;1H. The lowest BCUT2D eigenvalue weighted by Gasteiger charge is -2.34. The van der Waals surface area contributed by atoms with Crippen LogP contribution in [0.25, 0.3) is 0 Å². The Bertz CT molecular complexity index is 638. The predicted octanol–water partition coefficient (Wildman–Crippen LogP) is 2.10. The van der Waals surface area contributed by atoms with Crippen LogP contribution in [0.2, 0.25) is 0 Å². The van der Waals surface area contributed by atoms with Crippen molar-refractivity contribution in [2.45, 2.75) is 37.6 Å². The van der Waals surface area contributed by atoms with Crippen LogP contribution in [0.15, 0.2) is 29.2 Å². The van der Waals surface area contributed by atoms with Crippen LogP contribution in [0.3, 0.4) is 0 Å². The van der Waals surface area contributed by atoms with E-state index in [1.165, 1.54) is 6.07 Å². The summed E-state index contributed by atoms with van der Waals surface area (Å²) in [6.45, 7) is 4.84. The van der Waals surface area contributed by atoms with E-state index < -0.39 is 9.84 Å². The highest BCUT2D eigenvalue weighted by molar-refractivity contribution is 7.91. The number of hydrogen-bond donors (Lipinski definition) is 1. The summed E-state index contributed by atoms with van der Waals surface area (Å²) in [5, 5.41) is 0. The topological polar surface area (TPSA) is 80.5 Å². The number of amides is 1. The molecule has 1 saturated heterocycles. The highest BCUT2D eigenvalue weighted by atomic mass is 35.5. The molecular formula is C16H25ClN2O3S. The van der Waals surface area contributed by atoms with Gasteiger partial charge in [-0.25, -0.2) is 8.42 Å². The minimum absolute atomic E-state index is 0. The van der Waals surface area contributed by atoms with Gasteiger partial charge in [0.15, 0.2) is 9.84 Å². The highest BCUT2D eigenvalue weighted by Crippen LogP contribution is 2.24. The van der Waals surface area contributed by atoms with Gasteiger partial charge in [0.25, 0.3) is 5.91 Å². The Labute approximate surface area is 144 Å². The Morgan fingerprint density at radius 1 is 1.30 bits per heavy atom. The number of sulfone groups is 1. The average Bonchev–Trinajstić information content (AvgIpc) is 2.54. The molecule has 2 N–H and O–H groups in total. The molecule has 1 unspecified atom stereocenters. The number of halogens is 1. The van der Waals surface area contributed by atoms with Crippen LogP contribution in [0, 0.1) is 5.92 Å². The van der Waals surface area contributed by atoms with Crippen molar-refractivity contribution in [2.24, 2.45) is 11.7 Å². The van der Waals surface area contributed by atoms with Crippen molar-refractivity contribution in [1.82, 2.24) is 4.90 Å². The molecule has 5 nitrogen and oxygen atoms in total. The van der Waals surface area contributed by atoms with Crippen LogP contribution < -0.4 is 5.73 Å². The number of carbonyl (C=O) groups excluding carboxylic acids is 1. The molecule has 1 aliphatic heterocycles. The fraction of sp³-hybridized carbons (Fsp3) is 0.562. The third kappa shape index (κ3) is 4.46. The fourth-order valence-electron chi connectivity index (χ4n) is 2.87. The fourth-order valence-corrected chi connectivity index (χ4v) is 3.96. The molecule has 1 aromatic carbocycles. The zero-order chi connectivity index (χ0) is 16.3. The molecule has 130 valence electrons. The van der Waals surface area contributed by atoms with Gasteiger partial charge < -0.3 is 10.6 Å². The second-order valence-electron chi connectivity index (χ2n) is 5.89. The first-order valence-corrected chi connectivity index (χ1v) is 9.38. The minimum atomic E-state index is -3.40. The van der Waals surface area contributed by atoms with Gasteiger partial charge in [-0.3, -0.25) is 4.79 Å². The van der Waals surface area contributed by atoms with Crippen molar-refractivity contribution >= 4 is 28.2 Å². The van der Waals surface area contributed by atoms with E-state index in [1.807, 2.05) is 6.92 Å². The number of benzene rings is 1. The molecule has 0 bridgehead atoms. The van der Waals surface area contributed by atoms with Crippen LogP contribution in [0.4, 0.5) is 0 Å². The number of nitrogens with zero attached hydrogens (tertiary/aromatic N) is 1. The Morgan fingerprint density at radius 3 is 2.39 bits per heavy atom. The lowest BCUT2D eigenvalue weighted by molar-refractivity contribution is 0.0677. The monoisotopic (exact) mass is 360 g/mol. The largest absolute Gasteiger partial charge is 0.339 e. The quantitative estimate of drug-likeness (QED) is 0.891. The maximum Gasteiger partial charge on any atom is 0.255 e. The molecule has 1 aliphatic rings. The van der Waals surface area contributed by atoms with E-state index in [-0.39, 0.29) is 40.6 Å². The van der Waals surface area contributed by atoms with E-state index in [0.29, 0.717) is 19.0 Å². The Kier molecular flexibility index (Phi) is 7.04. The third-order valence-corrected chi connectivity index (χ3v) is 6.19. The van der Waals surface area contributed by atoms with Crippen LogP contribution in [0.1, 0.15) is 37.0 Å². The lowest BCUT2D eigenvalue weighted by Crippen LogP contribution is -2.42. The zero-order valence-electron chi connectivity index (χ0n) is 13.6. The predicted molar refractivity (Wildman–Crippen MR) is 93.7 cm³/mol. The lowest BCUT2D eigenvalue weighted by atomic mass is 9.90. The van der Waals surface area contributed by atoms with E-state index >= 15 is 0 Å². The molecule has 0 radical (unpaired) electrons. The van der Waals surface area contributed by atoms with Crippen LogP contribution in [-0.2, 0) is 9.84 Å². The normalized spacial score (nSPS) is 17.4. The molecule has 23 heavy (non-hydrogen) atoms. The van der Waals surface area contributed by atoms with Crippen LogP contribution in [0.5, 0.6) is 0 Å². The molecule has 1 heterocycles. The molecule has 1 aromatic rings. The van der Waals surface area contributed by atoms with Gasteiger partial charge in [0.1, 0.15) is 0 Å². The van der Waals surface area contributed by atoms with Gasteiger partial charge in [-0.1, -0.05) is 19.1 Å². The second kappa shape index (κ2) is 8.13. The average molecular weight is 361 g/mol. The number of likely N-dealkylation sites (tertiary alicyclic amines) is 1. The van der Waals surface area contributed by atoms with Gasteiger partial charge in [0.2, 0.25) is 0 Å². The number of hydrogen-bond acceptors (Lipinski definition) is 4. The molecule has 0 aromatic heterocycles. The van der Waals surface area contributed by atoms with Crippen molar-refractivity contribution in [3.05, 3.63) is 29.8 Å². The first kappa shape index (κ1) is 19.9. The Hall–Kier alpha value is -1.11. The van der Waals surface area contributed by atoms with E-state index in [9.17, 15) is 13.2 Å². The van der Waals surface area contributed by atoms with Gasteiger partial charge in [0.05, 0.1) is 16.2 Å². The van der Waals surface area contributed by atoms with Crippen molar-refractivity contribution in [3.8, 4) is 0 Å². The van der Waals surface area contributed by atoms with Crippen molar-refractivity contribution < 1.29 is 13.2 Å². The second-order valence-corrected chi connectivity index (χ2v) is 8.14. The summed E-state index contributed by atoms with van der Waals surface area (Å²) in [5.41, 5.74) is 6.20. The molecule has 1 fully saturated rings. The summed E-state index contributed by atoms with van der Waals surface area (Å²) < 4.78 is 24.3. The smallest absolute Gasteiger partial charge is 0.255 e. The SMILES string of the molecule is CCS(=O)(=O)c1ccccc1C(=O)N1CCC(C(C)N)CC1.Cl. The number of nitrogens with two attached hydrogens (primary N) is 1. The summed E-state index contributed by atoms with van der Waals surface area (Å²) in [4.78, 5) is 14.6. The van der Waals surface area contributed by atoms with E-state index in [2.05, 4.69) is 0 Å². The number of piperidine rings is 1. The third-order valence-electron chi connectivity index (χ3n) is 4.40. The molecule has 0 saturated carbocycles. The van der Waals surface area contributed by atoms with Crippen molar-refractivity contribution in [2.75, 3.05) is 18.8 Å². The number of carbonyl (C=O) groups is 1. The van der Waals surface area contributed by atoms with Gasteiger partial charge in [-0.05, 0) is 37.8 Å². The zero-order valence-corrected chi connectivity index (χ0v) is 15.2. The van der Waals surface area contributed by atoms with Gasteiger partial charge in [0, 0.05) is 19.1 Å². The summed E-state index contributed by atoms with van der Waals surface area (Å²) in [6, 6.07) is 6.60. The van der Waals surface area contributed by atoms with E-state index in [0.717, 1.165) is 12.8 Å². The first-order chi connectivity index (χ1) is 10.4. The summed E-state index contributed by atoms with van der Waals surface area (Å²) >= 11 is 0. The summed E-state index contributed by atoms with van der Waals surface area (Å²) in [7, 11) is -3.40. The summed E-state index contributed by atoms with van der Waals surface area (Å²) in [5.74, 6) is 0.221. The van der Waals surface area contributed by atoms with Gasteiger partial charge in [-0.2, -0.15) is 0 Å². The van der Waals surface area contributed by atoms with Crippen LogP contribution >= 0.6 is 12.4 Å².